The summed E-state index contributed by atoms with van der Waals surface area (Å²) in [5.74, 6) is -0.892. The number of nitrogens with zero attached hydrogens (tertiary/aromatic N) is 6. The van der Waals surface area contributed by atoms with Crippen LogP contribution in [0.5, 0.6) is 5.88 Å². The van der Waals surface area contributed by atoms with Crippen molar-refractivity contribution in [2.75, 3.05) is 14.2 Å². The van der Waals surface area contributed by atoms with Gasteiger partial charge < -0.3 is 9.64 Å². The normalized spacial score (nSPS) is 11.6. The van der Waals surface area contributed by atoms with E-state index in [0.29, 0.717) is 9.69 Å². The number of ether oxygens (including phenoxy) is 1. The molecule has 8 nitrogen and oxygen atoms in total. The number of fused-ring (bicyclic) bond motifs is 1. The highest BCUT2D eigenvalue weighted by Gasteiger charge is 2.41. The predicted octanol–water partition coefficient (Wildman–Crippen LogP) is 3.57. The second-order valence-electron chi connectivity index (χ2n) is 6.49. The van der Waals surface area contributed by atoms with Gasteiger partial charge in [0.15, 0.2) is 11.5 Å². The van der Waals surface area contributed by atoms with Crippen molar-refractivity contribution in [3.05, 3.63) is 58.9 Å². The minimum Gasteiger partial charge on any atom is -0.480 e. The molecule has 4 rings (SSSR count). The van der Waals surface area contributed by atoms with E-state index in [9.17, 15) is 18.0 Å². The molecule has 0 aliphatic carbocycles. The fourth-order valence-electron chi connectivity index (χ4n) is 2.95. The van der Waals surface area contributed by atoms with Crippen LogP contribution in [0, 0.1) is 0 Å². The molecular weight excluding hydrogens is 433 g/mol. The molecule has 0 spiro atoms. The molecule has 0 radical (unpaired) electrons. The monoisotopic (exact) mass is 448 g/mol. The van der Waals surface area contributed by atoms with E-state index in [1.165, 1.54) is 42.5 Å². The van der Waals surface area contributed by atoms with Crippen LogP contribution < -0.4 is 4.74 Å². The number of carbonyl (C=O) groups excluding carboxylic acids is 1. The Morgan fingerprint density at radius 1 is 1.19 bits per heavy atom. The lowest BCUT2D eigenvalue weighted by atomic mass is 10.2. The number of hydrogen-bond donors (Lipinski definition) is 0. The maximum absolute atomic E-state index is 13.8. The molecule has 0 saturated carbocycles. The topological polar surface area (TPSA) is 86.0 Å². The van der Waals surface area contributed by atoms with Gasteiger partial charge in [-0.15, -0.1) is 21.5 Å². The summed E-state index contributed by atoms with van der Waals surface area (Å²) in [5.41, 5.74) is -1.05. The average molecular weight is 448 g/mol. The summed E-state index contributed by atoms with van der Waals surface area (Å²) < 4.78 is 47.9. The number of carbonyl (C=O) groups is 1. The quantitative estimate of drug-likeness (QED) is 0.464. The molecule has 160 valence electrons. The molecule has 0 bridgehead atoms. The number of amides is 1. The average Bonchev–Trinajstić information content (AvgIpc) is 3.37. The summed E-state index contributed by atoms with van der Waals surface area (Å²) in [7, 11) is 2.77. The van der Waals surface area contributed by atoms with Crippen molar-refractivity contribution in [3.8, 4) is 11.7 Å². The lowest BCUT2D eigenvalue weighted by Crippen LogP contribution is -2.28. The SMILES string of the molecule is COc1ccc(-n2ncc(C(=O)N(C)Cc3nc4ccccc4s3)c2C(F)(F)F)nn1. The largest absolute Gasteiger partial charge is 0.480 e. The van der Waals surface area contributed by atoms with Crippen molar-refractivity contribution in [2.45, 2.75) is 12.7 Å². The minimum absolute atomic E-state index is 0.0585. The molecule has 1 amide bonds. The van der Waals surface area contributed by atoms with Gasteiger partial charge in [0.1, 0.15) is 5.01 Å². The second kappa shape index (κ2) is 7.95. The van der Waals surface area contributed by atoms with Crippen LogP contribution >= 0.6 is 11.3 Å². The van der Waals surface area contributed by atoms with Crippen LogP contribution in [0.15, 0.2) is 42.6 Å². The molecule has 1 aromatic carbocycles. The van der Waals surface area contributed by atoms with Gasteiger partial charge in [0.05, 0.1) is 35.6 Å². The Labute approximate surface area is 177 Å². The molecule has 12 heteroatoms. The van der Waals surface area contributed by atoms with E-state index in [4.69, 9.17) is 4.74 Å². The van der Waals surface area contributed by atoms with Crippen LogP contribution in [0.25, 0.3) is 16.0 Å². The Morgan fingerprint density at radius 3 is 2.61 bits per heavy atom. The van der Waals surface area contributed by atoms with Gasteiger partial charge in [-0.25, -0.2) is 9.67 Å². The summed E-state index contributed by atoms with van der Waals surface area (Å²) in [5, 5.41) is 11.7. The Hall–Kier alpha value is -3.54. The number of hydrogen-bond acceptors (Lipinski definition) is 7. The standard InChI is InChI=1S/C19H15F3N6O2S/c1-27(10-16-24-12-5-3-4-6-13(12)31-16)18(29)11-9-23-28(17(11)19(20,21)22)14-7-8-15(30-2)26-25-14/h3-9H,10H2,1-2H3. The molecule has 4 aromatic rings. The molecule has 0 saturated heterocycles. The van der Waals surface area contributed by atoms with Gasteiger partial charge in [-0.3, -0.25) is 4.79 Å². The summed E-state index contributed by atoms with van der Waals surface area (Å²) in [6.07, 6.45) is -3.97. The highest BCUT2D eigenvalue weighted by atomic mass is 32.1. The first-order valence-corrected chi connectivity index (χ1v) is 9.73. The van der Waals surface area contributed by atoms with Crippen molar-refractivity contribution in [2.24, 2.45) is 0 Å². The fraction of sp³-hybridized carbons (Fsp3) is 0.211. The van der Waals surface area contributed by atoms with E-state index < -0.39 is 23.3 Å². The number of alkyl halides is 3. The summed E-state index contributed by atoms with van der Waals surface area (Å²) >= 11 is 1.38. The Balaban J connectivity index is 1.65. The van der Waals surface area contributed by atoms with Gasteiger partial charge in [-0.05, 0) is 18.2 Å². The van der Waals surface area contributed by atoms with E-state index in [2.05, 4.69) is 20.3 Å². The van der Waals surface area contributed by atoms with Crippen LogP contribution in [-0.2, 0) is 12.7 Å². The maximum Gasteiger partial charge on any atom is 0.434 e. The van der Waals surface area contributed by atoms with Crippen LogP contribution in [-0.4, -0.2) is 49.9 Å². The Morgan fingerprint density at radius 2 is 1.97 bits per heavy atom. The zero-order valence-electron chi connectivity index (χ0n) is 16.3. The molecule has 3 heterocycles. The van der Waals surface area contributed by atoms with Crippen LogP contribution in [0.1, 0.15) is 21.1 Å². The van der Waals surface area contributed by atoms with E-state index in [0.717, 1.165) is 16.4 Å². The van der Waals surface area contributed by atoms with E-state index in [1.807, 2.05) is 24.3 Å². The van der Waals surface area contributed by atoms with Gasteiger partial charge in [0.2, 0.25) is 5.88 Å². The Kier molecular flexibility index (Phi) is 5.31. The molecule has 31 heavy (non-hydrogen) atoms. The van der Waals surface area contributed by atoms with E-state index in [1.54, 1.807) is 0 Å². The minimum atomic E-state index is -4.85. The van der Waals surface area contributed by atoms with E-state index >= 15 is 0 Å². The number of para-hydroxylation sites is 1. The van der Waals surface area contributed by atoms with Crippen molar-refractivity contribution >= 4 is 27.5 Å². The molecule has 0 aliphatic heterocycles. The molecule has 0 atom stereocenters. The number of thiazole rings is 1. The molecular formula is C19H15F3N6O2S. The smallest absolute Gasteiger partial charge is 0.434 e. The zero-order valence-corrected chi connectivity index (χ0v) is 17.1. The first kappa shape index (κ1) is 20.7. The Bertz CT molecular complexity index is 1200. The highest BCUT2D eigenvalue weighted by molar-refractivity contribution is 7.18. The molecule has 0 unspecified atom stereocenters. The highest BCUT2D eigenvalue weighted by Crippen LogP contribution is 2.34. The third-order valence-electron chi connectivity index (χ3n) is 4.38. The van der Waals surface area contributed by atoms with Gasteiger partial charge in [-0.1, -0.05) is 12.1 Å². The molecule has 0 N–H and O–H groups in total. The third kappa shape index (κ3) is 4.06. The van der Waals surface area contributed by atoms with Crippen molar-refractivity contribution in [1.29, 1.82) is 0 Å². The van der Waals surface area contributed by atoms with Crippen molar-refractivity contribution in [1.82, 2.24) is 29.9 Å². The van der Waals surface area contributed by atoms with Gasteiger partial charge in [0, 0.05) is 13.1 Å². The number of methoxy groups -OCH3 is 1. The van der Waals surface area contributed by atoms with Gasteiger partial charge in [0.25, 0.3) is 5.91 Å². The number of rotatable bonds is 5. The second-order valence-corrected chi connectivity index (χ2v) is 7.60. The third-order valence-corrected chi connectivity index (χ3v) is 5.40. The van der Waals surface area contributed by atoms with Crippen molar-refractivity contribution < 1.29 is 22.7 Å². The van der Waals surface area contributed by atoms with Gasteiger partial charge in [-0.2, -0.15) is 18.3 Å². The van der Waals surface area contributed by atoms with Crippen LogP contribution in [0.4, 0.5) is 13.2 Å². The van der Waals surface area contributed by atoms with Crippen LogP contribution in [0.3, 0.4) is 0 Å². The maximum atomic E-state index is 13.8. The van der Waals surface area contributed by atoms with Crippen molar-refractivity contribution in [3.63, 3.8) is 0 Å². The van der Waals surface area contributed by atoms with Gasteiger partial charge >= 0.3 is 6.18 Å². The fourth-order valence-corrected chi connectivity index (χ4v) is 3.98. The summed E-state index contributed by atoms with van der Waals surface area (Å²) in [4.78, 5) is 18.5. The first-order valence-electron chi connectivity index (χ1n) is 8.91. The number of benzene rings is 1. The van der Waals surface area contributed by atoms with Crippen LogP contribution in [0.2, 0.25) is 0 Å². The summed E-state index contributed by atoms with van der Waals surface area (Å²) in [6.45, 7) is 0.0585. The number of halogens is 3. The lowest BCUT2D eigenvalue weighted by molar-refractivity contribution is -0.143. The molecule has 0 aliphatic rings. The summed E-state index contributed by atoms with van der Waals surface area (Å²) in [6, 6.07) is 10.1. The molecule has 3 aromatic heterocycles. The number of aromatic nitrogens is 5. The van der Waals surface area contributed by atoms with E-state index in [-0.39, 0.29) is 18.2 Å². The molecule has 0 fully saturated rings. The lowest BCUT2D eigenvalue weighted by Gasteiger charge is -2.17. The first-order chi connectivity index (χ1) is 14.8. The zero-order chi connectivity index (χ0) is 22.2. The predicted molar refractivity (Wildman–Crippen MR) is 106 cm³/mol.